The second-order valence-corrected chi connectivity index (χ2v) is 5.58. The lowest BCUT2D eigenvalue weighted by atomic mass is 10.1. The number of carbonyl (C=O) groups is 1. The molecule has 18 heavy (non-hydrogen) atoms. The SMILES string of the molecule is O=C1c2cc(I)ccc2-c2cc3nc[nH]c3cc21. The van der Waals surface area contributed by atoms with Gasteiger partial charge in [-0.25, -0.2) is 4.98 Å². The van der Waals surface area contributed by atoms with Gasteiger partial charge in [-0.15, -0.1) is 0 Å². The zero-order chi connectivity index (χ0) is 12.3. The number of ketones is 1. The number of hydrogen-bond donors (Lipinski definition) is 1. The van der Waals surface area contributed by atoms with Crippen LogP contribution in [-0.2, 0) is 0 Å². The third-order valence-electron chi connectivity index (χ3n) is 3.32. The summed E-state index contributed by atoms with van der Waals surface area (Å²) in [6.45, 7) is 0. The average Bonchev–Trinajstić information content (AvgIpc) is 2.92. The lowest BCUT2D eigenvalue weighted by Crippen LogP contribution is -1.95. The van der Waals surface area contributed by atoms with E-state index in [-0.39, 0.29) is 5.78 Å². The number of aromatic nitrogens is 2. The average molecular weight is 346 g/mol. The van der Waals surface area contributed by atoms with Gasteiger partial charge in [-0.3, -0.25) is 4.79 Å². The summed E-state index contributed by atoms with van der Waals surface area (Å²) in [5.41, 5.74) is 5.37. The van der Waals surface area contributed by atoms with E-state index in [1.165, 1.54) is 0 Å². The van der Waals surface area contributed by atoms with Crippen molar-refractivity contribution in [3.8, 4) is 11.1 Å². The molecule has 4 heteroatoms. The van der Waals surface area contributed by atoms with Crippen LogP contribution in [0.2, 0.25) is 0 Å². The van der Waals surface area contributed by atoms with Crippen molar-refractivity contribution in [2.45, 2.75) is 0 Å². The summed E-state index contributed by atoms with van der Waals surface area (Å²) in [5.74, 6) is 0.106. The highest BCUT2D eigenvalue weighted by atomic mass is 127. The Hall–Kier alpha value is -1.69. The minimum atomic E-state index is 0.106. The normalized spacial score (nSPS) is 12.8. The Bertz CT molecular complexity index is 820. The fraction of sp³-hybridized carbons (Fsp3) is 0. The van der Waals surface area contributed by atoms with Crippen molar-refractivity contribution in [1.82, 2.24) is 9.97 Å². The number of rotatable bonds is 0. The van der Waals surface area contributed by atoms with Gasteiger partial charge < -0.3 is 4.98 Å². The van der Waals surface area contributed by atoms with Gasteiger partial charge in [0.1, 0.15) is 0 Å². The minimum absolute atomic E-state index is 0.106. The van der Waals surface area contributed by atoms with Crippen molar-refractivity contribution in [3.63, 3.8) is 0 Å². The maximum Gasteiger partial charge on any atom is 0.194 e. The van der Waals surface area contributed by atoms with Crippen molar-refractivity contribution >= 4 is 39.4 Å². The van der Waals surface area contributed by atoms with Gasteiger partial charge in [0, 0.05) is 14.7 Å². The Morgan fingerprint density at radius 3 is 2.72 bits per heavy atom. The second-order valence-electron chi connectivity index (χ2n) is 4.34. The van der Waals surface area contributed by atoms with Crippen LogP contribution in [0.15, 0.2) is 36.7 Å². The molecule has 86 valence electrons. The van der Waals surface area contributed by atoms with Gasteiger partial charge in [0.25, 0.3) is 0 Å². The summed E-state index contributed by atoms with van der Waals surface area (Å²) in [6, 6.07) is 9.86. The van der Waals surface area contributed by atoms with Crippen LogP contribution in [0.3, 0.4) is 0 Å². The van der Waals surface area contributed by atoms with Crippen LogP contribution >= 0.6 is 22.6 Å². The van der Waals surface area contributed by atoms with E-state index in [9.17, 15) is 4.79 Å². The molecule has 4 rings (SSSR count). The van der Waals surface area contributed by atoms with Gasteiger partial charge >= 0.3 is 0 Å². The number of imidazole rings is 1. The molecule has 1 N–H and O–H groups in total. The first-order valence-corrected chi connectivity index (χ1v) is 6.64. The van der Waals surface area contributed by atoms with Crippen LogP contribution in [-0.4, -0.2) is 15.8 Å². The summed E-state index contributed by atoms with van der Waals surface area (Å²) >= 11 is 2.23. The molecule has 0 atom stereocenters. The smallest absolute Gasteiger partial charge is 0.194 e. The van der Waals surface area contributed by atoms with E-state index in [1.807, 2.05) is 30.3 Å². The Morgan fingerprint density at radius 2 is 1.83 bits per heavy atom. The van der Waals surface area contributed by atoms with Gasteiger partial charge in [-0.05, 0) is 58.0 Å². The van der Waals surface area contributed by atoms with Crippen LogP contribution < -0.4 is 0 Å². The molecule has 1 aromatic heterocycles. The number of carbonyl (C=O) groups excluding carboxylic acids is 1. The van der Waals surface area contributed by atoms with E-state index in [4.69, 9.17) is 0 Å². The Kier molecular flexibility index (Phi) is 1.94. The van der Waals surface area contributed by atoms with Gasteiger partial charge in [0.15, 0.2) is 5.78 Å². The molecule has 0 bridgehead atoms. The second kappa shape index (κ2) is 3.41. The molecule has 0 fully saturated rings. The van der Waals surface area contributed by atoms with Gasteiger partial charge in [-0.2, -0.15) is 0 Å². The van der Waals surface area contributed by atoms with E-state index in [0.717, 1.165) is 36.9 Å². The van der Waals surface area contributed by atoms with Crippen LogP contribution in [0.1, 0.15) is 15.9 Å². The Morgan fingerprint density at radius 1 is 1.00 bits per heavy atom. The number of H-pyrrole nitrogens is 1. The van der Waals surface area contributed by atoms with Crippen LogP contribution in [0.4, 0.5) is 0 Å². The van der Waals surface area contributed by atoms with Crippen molar-refractivity contribution in [1.29, 1.82) is 0 Å². The zero-order valence-corrected chi connectivity index (χ0v) is 11.4. The fourth-order valence-corrected chi connectivity index (χ4v) is 2.97. The zero-order valence-electron chi connectivity index (χ0n) is 9.20. The predicted octanol–water partition coefficient (Wildman–Crippen LogP) is 3.38. The predicted molar refractivity (Wildman–Crippen MR) is 77.7 cm³/mol. The molecule has 0 aliphatic heterocycles. The number of fused-ring (bicyclic) bond motifs is 4. The molecular formula is C14H7IN2O. The molecule has 0 amide bonds. The Labute approximate surface area is 116 Å². The van der Waals surface area contributed by atoms with Crippen molar-refractivity contribution in [3.05, 3.63) is 51.4 Å². The highest BCUT2D eigenvalue weighted by Gasteiger charge is 2.27. The molecule has 3 aromatic rings. The minimum Gasteiger partial charge on any atom is -0.345 e. The van der Waals surface area contributed by atoms with E-state index < -0.39 is 0 Å². The van der Waals surface area contributed by atoms with Gasteiger partial charge in [-0.1, -0.05) is 6.07 Å². The highest BCUT2D eigenvalue weighted by Crippen LogP contribution is 2.38. The molecule has 0 radical (unpaired) electrons. The topological polar surface area (TPSA) is 45.8 Å². The van der Waals surface area contributed by atoms with E-state index >= 15 is 0 Å². The van der Waals surface area contributed by atoms with Crippen molar-refractivity contribution in [2.24, 2.45) is 0 Å². The lowest BCUT2D eigenvalue weighted by Gasteiger charge is -1.99. The molecule has 1 aliphatic carbocycles. The first kappa shape index (κ1) is 10.3. The third-order valence-corrected chi connectivity index (χ3v) is 3.99. The van der Waals surface area contributed by atoms with Crippen molar-refractivity contribution < 1.29 is 4.79 Å². The number of aromatic amines is 1. The van der Waals surface area contributed by atoms with Crippen LogP contribution in [0.5, 0.6) is 0 Å². The van der Waals surface area contributed by atoms with E-state index in [1.54, 1.807) is 6.33 Å². The van der Waals surface area contributed by atoms with E-state index in [0.29, 0.717) is 0 Å². The maximum atomic E-state index is 12.4. The lowest BCUT2D eigenvalue weighted by molar-refractivity contribution is 0.104. The standard InChI is InChI=1S/C14H7IN2O/c15-7-1-2-8-9-4-12-13(17-6-16-12)5-11(9)14(18)10(8)3-7/h1-6H,(H,16,17). The quantitative estimate of drug-likeness (QED) is 0.496. The van der Waals surface area contributed by atoms with Crippen LogP contribution in [0, 0.1) is 3.57 Å². The van der Waals surface area contributed by atoms with Gasteiger partial charge in [0.05, 0.1) is 17.4 Å². The molecule has 0 saturated heterocycles. The molecule has 1 heterocycles. The molecule has 3 nitrogen and oxygen atoms in total. The molecule has 2 aromatic carbocycles. The number of nitrogens with one attached hydrogen (secondary N) is 1. The van der Waals surface area contributed by atoms with E-state index in [2.05, 4.69) is 32.6 Å². The largest absolute Gasteiger partial charge is 0.345 e. The summed E-state index contributed by atoms with van der Waals surface area (Å²) < 4.78 is 1.08. The number of nitrogens with zero attached hydrogens (tertiary/aromatic N) is 1. The fourth-order valence-electron chi connectivity index (χ4n) is 2.48. The molecule has 0 unspecified atom stereocenters. The molecule has 1 aliphatic rings. The van der Waals surface area contributed by atoms with Gasteiger partial charge in [0.2, 0.25) is 0 Å². The maximum absolute atomic E-state index is 12.4. The summed E-state index contributed by atoms with van der Waals surface area (Å²) in [7, 11) is 0. The Balaban J connectivity index is 2.12. The summed E-state index contributed by atoms with van der Waals surface area (Å²) in [5, 5.41) is 0. The van der Waals surface area contributed by atoms with Crippen molar-refractivity contribution in [2.75, 3.05) is 0 Å². The number of hydrogen-bond acceptors (Lipinski definition) is 2. The first-order valence-electron chi connectivity index (χ1n) is 5.56. The molecular weight excluding hydrogens is 339 g/mol. The number of benzene rings is 2. The molecule has 0 saturated carbocycles. The van der Waals surface area contributed by atoms with Crippen LogP contribution in [0.25, 0.3) is 22.2 Å². The number of halogens is 1. The first-order chi connectivity index (χ1) is 8.74. The third kappa shape index (κ3) is 1.23. The monoisotopic (exact) mass is 346 g/mol. The molecule has 0 spiro atoms. The summed E-state index contributed by atoms with van der Waals surface area (Å²) in [4.78, 5) is 19.7. The highest BCUT2D eigenvalue weighted by molar-refractivity contribution is 14.1. The summed E-state index contributed by atoms with van der Waals surface area (Å²) in [6.07, 6.45) is 1.65.